The number of amides is 1. The molecule has 2 rings (SSSR count). The zero-order chi connectivity index (χ0) is 13.9. The van der Waals surface area contributed by atoms with Gasteiger partial charge in [0.25, 0.3) is 0 Å². The summed E-state index contributed by atoms with van der Waals surface area (Å²) in [6.07, 6.45) is 6.08. The Labute approximate surface area is 116 Å². The smallest absolute Gasteiger partial charge is 0.223 e. The first-order valence-corrected chi connectivity index (χ1v) is 7.63. The standard InChI is InChI=1S/C15H28N2O2/c1-15(2)10-13(16)11-17(15)14(18)5-3-4-12-6-8-19-9-7-12/h12-13H,3-11,16H2,1-2H3. The zero-order valence-electron chi connectivity index (χ0n) is 12.4. The van der Waals surface area contributed by atoms with Crippen LogP contribution in [-0.2, 0) is 9.53 Å². The summed E-state index contributed by atoms with van der Waals surface area (Å²) < 4.78 is 5.36. The van der Waals surface area contributed by atoms with Crippen molar-refractivity contribution in [3.8, 4) is 0 Å². The summed E-state index contributed by atoms with van der Waals surface area (Å²) in [4.78, 5) is 14.3. The molecule has 0 aliphatic carbocycles. The third-order valence-corrected chi connectivity index (χ3v) is 4.55. The van der Waals surface area contributed by atoms with E-state index in [0.717, 1.165) is 57.8 Å². The van der Waals surface area contributed by atoms with Gasteiger partial charge in [-0.25, -0.2) is 0 Å². The maximum Gasteiger partial charge on any atom is 0.223 e. The molecule has 2 saturated heterocycles. The summed E-state index contributed by atoms with van der Waals surface area (Å²) in [7, 11) is 0. The average Bonchev–Trinajstić information content (AvgIpc) is 2.64. The van der Waals surface area contributed by atoms with E-state index in [4.69, 9.17) is 10.5 Å². The van der Waals surface area contributed by atoms with Crippen molar-refractivity contribution in [2.45, 2.75) is 64.0 Å². The molecule has 2 fully saturated rings. The Morgan fingerprint density at radius 1 is 1.37 bits per heavy atom. The van der Waals surface area contributed by atoms with E-state index >= 15 is 0 Å². The van der Waals surface area contributed by atoms with Gasteiger partial charge in [0.1, 0.15) is 0 Å². The number of likely N-dealkylation sites (tertiary alicyclic amines) is 1. The summed E-state index contributed by atoms with van der Waals surface area (Å²) in [6, 6.07) is 0.148. The molecular weight excluding hydrogens is 240 g/mol. The molecule has 0 aromatic rings. The lowest BCUT2D eigenvalue weighted by atomic mass is 9.94. The second-order valence-electron chi connectivity index (χ2n) is 6.73. The Balaban J connectivity index is 1.72. The van der Waals surface area contributed by atoms with Crippen LogP contribution in [0.3, 0.4) is 0 Å². The van der Waals surface area contributed by atoms with Crippen molar-refractivity contribution in [2.75, 3.05) is 19.8 Å². The first-order chi connectivity index (χ1) is 8.99. The lowest BCUT2D eigenvalue weighted by molar-refractivity contribution is -0.134. The van der Waals surface area contributed by atoms with Gasteiger partial charge in [-0.3, -0.25) is 4.79 Å². The molecule has 2 aliphatic rings. The maximum absolute atomic E-state index is 12.3. The number of ether oxygens (including phenoxy) is 1. The van der Waals surface area contributed by atoms with Crippen LogP contribution >= 0.6 is 0 Å². The molecule has 4 nitrogen and oxygen atoms in total. The number of carbonyl (C=O) groups excluding carboxylic acids is 1. The molecule has 0 spiro atoms. The van der Waals surface area contributed by atoms with Crippen molar-refractivity contribution in [3.05, 3.63) is 0 Å². The van der Waals surface area contributed by atoms with Crippen LogP contribution in [0.5, 0.6) is 0 Å². The van der Waals surface area contributed by atoms with Crippen LogP contribution in [0.25, 0.3) is 0 Å². The normalized spacial score (nSPS) is 27.7. The number of hydrogen-bond donors (Lipinski definition) is 1. The van der Waals surface area contributed by atoms with Crippen LogP contribution in [-0.4, -0.2) is 42.1 Å². The van der Waals surface area contributed by atoms with Crippen LogP contribution in [0.15, 0.2) is 0 Å². The van der Waals surface area contributed by atoms with Crippen molar-refractivity contribution in [3.63, 3.8) is 0 Å². The molecule has 0 radical (unpaired) electrons. The summed E-state index contributed by atoms with van der Waals surface area (Å²) >= 11 is 0. The Kier molecular flexibility index (Phi) is 4.85. The number of nitrogens with two attached hydrogens (primary N) is 1. The highest BCUT2D eigenvalue weighted by molar-refractivity contribution is 5.77. The van der Waals surface area contributed by atoms with Gasteiger partial charge in [-0.15, -0.1) is 0 Å². The fourth-order valence-corrected chi connectivity index (χ4v) is 3.45. The Morgan fingerprint density at radius 2 is 2.05 bits per heavy atom. The van der Waals surface area contributed by atoms with Gasteiger partial charge in [-0.2, -0.15) is 0 Å². The SMILES string of the molecule is CC1(C)CC(N)CN1C(=O)CCCC1CCOCC1. The molecule has 0 aromatic heterocycles. The van der Waals surface area contributed by atoms with E-state index in [-0.39, 0.29) is 17.5 Å². The third kappa shape index (κ3) is 3.93. The predicted octanol–water partition coefficient (Wildman–Crippen LogP) is 1.92. The van der Waals surface area contributed by atoms with E-state index in [1.165, 1.54) is 0 Å². The quantitative estimate of drug-likeness (QED) is 0.847. The first kappa shape index (κ1) is 14.8. The zero-order valence-corrected chi connectivity index (χ0v) is 12.4. The topological polar surface area (TPSA) is 55.6 Å². The van der Waals surface area contributed by atoms with E-state index in [1.54, 1.807) is 0 Å². The molecule has 2 aliphatic heterocycles. The van der Waals surface area contributed by atoms with E-state index in [0.29, 0.717) is 6.42 Å². The fourth-order valence-electron chi connectivity index (χ4n) is 3.45. The summed E-state index contributed by atoms with van der Waals surface area (Å²) in [5.41, 5.74) is 5.92. The van der Waals surface area contributed by atoms with Crippen LogP contribution in [0, 0.1) is 5.92 Å². The first-order valence-electron chi connectivity index (χ1n) is 7.63. The Morgan fingerprint density at radius 3 is 2.63 bits per heavy atom. The molecule has 0 saturated carbocycles. The van der Waals surface area contributed by atoms with Crippen LogP contribution < -0.4 is 5.73 Å². The lowest BCUT2D eigenvalue weighted by Gasteiger charge is -2.31. The molecule has 2 N–H and O–H groups in total. The fraction of sp³-hybridized carbons (Fsp3) is 0.933. The van der Waals surface area contributed by atoms with Gasteiger partial charge in [0.05, 0.1) is 0 Å². The lowest BCUT2D eigenvalue weighted by Crippen LogP contribution is -2.42. The molecule has 1 unspecified atom stereocenters. The van der Waals surface area contributed by atoms with Crippen LogP contribution in [0.2, 0.25) is 0 Å². The monoisotopic (exact) mass is 268 g/mol. The highest BCUT2D eigenvalue weighted by Gasteiger charge is 2.39. The number of carbonyl (C=O) groups is 1. The van der Waals surface area contributed by atoms with Gasteiger partial charge in [-0.05, 0) is 51.9 Å². The number of hydrogen-bond acceptors (Lipinski definition) is 3. The predicted molar refractivity (Wildman–Crippen MR) is 75.8 cm³/mol. The molecule has 0 bridgehead atoms. The molecule has 110 valence electrons. The summed E-state index contributed by atoms with van der Waals surface area (Å²) in [5.74, 6) is 1.04. The van der Waals surface area contributed by atoms with Crippen molar-refractivity contribution < 1.29 is 9.53 Å². The number of rotatable bonds is 4. The van der Waals surface area contributed by atoms with E-state index in [1.807, 2.05) is 4.90 Å². The Hall–Kier alpha value is -0.610. The van der Waals surface area contributed by atoms with Crippen molar-refractivity contribution in [2.24, 2.45) is 11.7 Å². The van der Waals surface area contributed by atoms with Gasteiger partial charge >= 0.3 is 0 Å². The molecule has 19 heavy (non-hydrogen) atoms. The molecular formula is C15H28N2O2. The summed E-state index contributed by atoms with van der Waals surface area (Å²) in [6.45, 7) is 6.76. The van der Waals surface area contributed by atoms with Crippen molar-refractivity contribution in [1.82, 2.24) is 4.90 Å². The highest BCUT2D eigenvalue weighted by atomic mass is 16.5. The van der Waals surface area contributed by atoms with Crippen molar-refractivity contribution >= 4 is 5.91 Å². The molecule has 1 amide bonds. The van der Waals surface area contributed by atoms with Gasteiger partial charge in [0.2, 0.25) is 5.91 Å². The highest BCUT2D eigenvalue weighted by Crippen LogP contribution is 2.29. The maximum atomic E-state index is 12.3. The second kappa shape index (κ2) is 6.23. The number of nitrogens with zero attached hydrogens (tertiary/aromatic N) is 1. The largest absolute Gasteiger partial charge is 0.381 e. The Bertz CT molecular complexity index is 311. The minimum Gasteiger partial charge on any atom is -0.381 e. The minimum absolute atomic E-state index is 0.0603. The van der Waals surface area contributed by atoms with Crippen LogP contribution in [0.4, 0.5) is 0 Å². The third-order valence-electron chi connectivity index (χ3n) is 4.55. The molecule has 4 heteroatoms. The molecule has 0 aromatic carbocycles. The van der Waals surface area contributed by atoms with E-state index in [9.17, 15) is 4.79 Å². The summed E-state index contributed by atoms with van der Waals surface area (Å²) in [5, 5.41) is 0. The average molecular weight is 268 g/mol. The van der Waals surface area contributed by atoms with E-state index in [2.05, 4.69) is 13.8 Å². The van der Waals surface area contributed by atoms with Gasteiger partial charge in [-0.1, -0.05) is 0 Å². The van der Waals surface area contributed by atoms with E-state index < -0.39 is 0 Å². The molecule has 2 heterocycles. The minimum atomic E-state index is -0.0603. The van der Waals surface area contributed by atoms with Gasteiger partial charge < -0.3 is 15.4 Å². The molecule has 1 atom stereocenters. The van der Waals surface area contributed by atoms with Crippen LogP contribution in [0.1, 0.15) is 52.4 Å². The van der Waals surface area contributed by atoms with Gasteiger partial charge in [0.15, 0.2) is 0 Å². The second-order valence-corrected chi connectivity index (χ2v) is 6.73. The van der Waals surface area contributed by atoms with Gasteiger partial charge in [0, 0.05) is 37.8 Å². The van der Waals surface area contributed by atoms with Crippen molar-refractivity contribution in [1.29, 1.82) is 0 Å².